The molecule has 2 heterocycles. The van der Waals surface area contributed by atoms with Gasteiger partial charge in [0.25, 0.3) is 0 Å². The van der Waals surface area contributed by atoms with Crippen LogP contribution >= 0.6 is 11.3 Å². The second-order valence-corrected chi connectivity index (χ2v) is 5.68. The van der Waals surface area contributed by atoms with Gasteiger partial charge in [-0.2, -0.15) is 5.26 Å². The van der Waals surface area contributed by atoms with Crippen molar-refractivity contribution in [1.82, 2.24) is 0 Å². The zero-order valence-electron chi connectivity index (χ0n) is 9.89. The van der Waals surface area contributed by atoms with Crippen molar-refractivity contribution in [1.29, 1.82) is 5.26 Å². The van der Waals surface area contributed by atoms with Gasteiger partial charge in [0.05, 0.1) is 17.8 Å². The highest BCUT2D eigenvalue weighted by Crippen LogP contribution is 2.39. The molecule has 1 N–H and O–H groups in total. The minimum atomic E-state index is -0.150. The third kappa shape index (κ3) is 1.93. The van der Waals surface area contributed by atoms with Crippen LogP contribution in [-0.2, 0) is 17.8 Å². The van der Waals surface area contributed by atoms with E-state index in [1.165, 1.54) is 10.4 Å². The van der Waals surface area contributed by atoms with E-state index in [2.05, 4.69) is 25.2 Å². The highest BCUT2D eigenvalue weighted by Gasteiger charge is 2.31. The van der Waals surface area contributed by atoms with Crippen molar-refractivity contribution in [2.24, 2.45) is 0 Å². The number of nitrogens with zero attached hydrogens (tertiary/aromatic N) is 1. The Morgan fingerprint density at radius 3 is 2.94 bits per heavy atom. The Morgan fingerprint density at radius 1 is 1.56 bits per heavy atom. The number of anilines is 1. The van der Waals surface area contributed by atoms with E-state index in [1.807, 2.05) is 6.92 Å². The molecule has 0 bridgehead atoms. The van der Waals surface area contributed by atoms with Crippen LogP contribution in [0.2, 0.25) is 0 Å². The molecule has 2 rings (SSSR count). The molecule has 0 saturated heterocycles. The predicted octanol–water partition coefficient (Wildman–Crippen LogP) is 2.90. The standard InChI is InChI=1S/C12H16N2OS/c1-4-14-11-9(6-13)8-5-12(2,3)15-7-10(8)16-11/h14H,4-5,7H2,1-3H3. The van der Waals surface area contributed by atoms with Gasteiger partial charge in [-0.25, -0.2) is 0 Å². The summed E-state index contributed by atoms with van der Waals surface area (Å²) in [4.78, 5) is 1.20. The van der Waals surface area contributed by atoms with Gasteiger partial charge in [-0.15, -0.1) is 11.3 Å². The first-order valence-electron chi connectivity index (χ1n) is 5.50. The van der Waals surface area contributed by atoms with Crippen LogP contribution in [0.15, 0.2) is 0 Å². The van der Waals surface area contributed by atoms with E-state index in [-0.39, 0.29) is 5.60 Å². The molecule has 4 heteroatoms. The molecule has 1 aromatic heterocycles. The van der Waals surface area contributed by atoms with Crippen molar-refractivity contribution in [3.63, 3.8) is 0 Å². The van der Waals surface area contributed by atoms with E-state index < -0.39 is 0 Å². The molecule has 1 aromatic rings. The van der Waals surface area contributed by atoms with Crippen LogP contribution in [0.5, 0.6) is 0 Å². The molecule has 1 aliphatic heterocycles. The van der Waals surface area contributed by atoms with Gasteiger partial charge in [-0.1, -0.05) is 0 Å². The average Bonchev–Trinajstić information content (AvgIpc) is 2.54. The predicted molar refractivity (Wildman–Crippen MR) is 65.8 cm³/mol. The molecule has 0 radical (unpaired) electrons. The van der Waals surface area contributed by atoms with Crippen molar-refractivity contribution in [3.8, 4) is 6.07 Å². The summed E-state index contributed by atoms with van der Waals surface area (Å²) in [6.07, 6.45) is 0.827. The fourth-order valence-electron chi connectivity index (χ4n) is 1.96. The third-order valence-corrected chi connectivity index (χ3v) is 3.90. The van der Waals surface area contributed by atoms with Crippen LogP contribution in [-0.4, -0.2) is 12.1 Å². The summed E-state index contributed by atoms with van der Waals surface area (Å²) in [6, 6.07) is 2.32. The lowest BCUT2D eigenvalue weighted by atomic mass is 9.93. The van der Waals surface area contributed by atoms with Crippen LogP contribution in [0.3, 0.4) is 0 Å². The number of nitriles is 1. The van der Waals surface area contributed by atoms with Gasteiger partial charge in [-0.05, 0) is 26.3 Å². The molecule has 0 amide bonds. The Kier molecular flexibility index (Phi) is 2.92. The van der Waals surface area contributed by atoms with Gasteiger partial charge in [-0.3, -0.25) is 0 Å². The molecular weight excluding hydrogens is 220 g/mol. The topological polar surface area (TPSA) is 45.0 Å². The lowest BCUT2D eigenvalue weighted by Gasteiger charge is -2.29. The molecule has 3 nitrogen and oxygen atoms in total. The van der Waals surface area contributed by atoms with Crippen molar-refractivity contribution in [2.75, 3.05) is 11.9 Å². The molecule has 0 fully saturated rings. The summed E-state index contributed by atoms with van der Waals surface area (Å²) in [7, 11) is 0. The summed E-state index contributed by atoms with van der Waals surface area (Å²) in [6.45, 7) is 7.66. The van der Waals surface area contributed by atoms with Crippen molar-refractivity contribution in [2.45, 2.75) is 39.4 Å². The smallest absolute Gasteiger partial charge is 0.107 e. The van der Waals surface area contributed by atoms with E-state index in [9.17, 15) is 5.26 Å². The zero-order valence-corrected chi connectivity index (χ0v) is 10.7. The number of fused-ring (bicyclic) bond motifs is 1. The summed E-state index contributed by atoms with van der Waals surface area (Å²) >= 11 is 1.65. The number of nitrogens with one attached hydrogen (secondary N) is 1. The molecule has 0 atom stereocenters. The summed E-state index contributed by atoms with van der Waals surface area (Å²) < 4.78 is 5.76. The van der Waals surface area contributed by atoms with Crippen LogP contribution in [0.1, 0.15) is 36.8 Å². The molecule has 0 saturated carbocycles. The van der Waals surface area contributed by atoms with E-state index in [0.29, 0.717) is 6.61 Å². The largest absolute Gasteiger partial charge is 0.376 e. The van der Waals surface area contributed by atoms with E-state index in [4.69, 9.17) is 4.74 Å². The van der Waals surface area contributed by atoms with Crippen LogP contribution < -0.4 is 5.32 Å². The number of ether oxygens (including phenoxy) is 1. The van der Waals surface area contributed by atoms with Gasteiger partial charge in [0.2, 0.25) is 0 Å². The van der Waals surface area contributed by atoms with Crippen LogP contribution in [0.25, 0.3) is 0 Å². The number of thiophene rings is 1. The van der Waals surface area contributed by atoms with Gasteiger partial charge in [0, 0.05) is 17.8 Å². The van der Waals surface area contributed by atoms with Crippen molar-refractivity contribution < 1.29 is 4.74 Å². The number of hydrogen-bond donors (Lipinski definition) is 1. The Morgan fingerprint density at radius 2 is 2.31 bits per heavy atom. The Labute approximate surface area is 100 Å². The quantitative estimate of drug-likeness (QED) is 0.858. The van der Waals surface area contributed by atoms with Crippen molar-refractivity contribution >= 4 is 16.3 Å². The van der Waals surface area contributed by atoms with Gasteiger partial charge in [0.1, 0.15) is 11.1 Å². The molecule has 0 aromatic carbocycles. The summed E-state index contributed by atoms with van der Waals surface area (Å²) in [5, 5.41) is 13.5. The third-order valence-electron chi connectivity index (χ3n) is 2.74. The molecule has 0 aliphatic carbocycles. The maximum atomic E-state index is 9.24. The second-order valence-electron chi connectivity index (χ2n) is 4.58. The molecule has 0 spiro atoms. The molecule has 86 valence electrons. The maximum Gasteiger partial charge on any atom is 0.107 e. The average molecular weight is 236 g/mol. The van der Waals surface area contributed by atoms with Crippen LogP contribution in [0.4, 0.5) is 5.00 Å². The van der Waals surface area contributed by atoms with Gasteiger partial charge >= 0.3 is 0 Å². The number of rotatable bonds is 2. The van der Waals surface area contributed by atoms with E-state index >= 15 is 0 Å². The molecule has 16 heavy (non-hydrogen) atoms. The SMILES string of the molecule is CCNc1sc2c(c1C#N)CC(C)(C)OC2. The fraction of sp³-hybridized carbons (Fsp3) is 0.583. The molecule has 0 unspecified atom stereocenters. The fourth-order valence-corrected chi connectivity index (χ4v) is 3.11. The first-order valence-corrected chi connectivity index (χ1v) is 6.31. The van der Waals surface area contributed by atoms with Gasteiger partial charge in [0.15, 0.2) is 0 Å². The molecular formula is C12H16N2OS. The Balaban J connectivity index is 2.43. The van der Waals surface area contributed by atoms with E-state index in [0.717, 1.165) is 23.5 Å². The normalized spacial score (nSPS) is 17.6. The minimum Gasteiger partial charge on any atom is -0.376 e. The summed E-state index contributed by atoms with van der Waals surface area (Å²) in [5.41, 5.74) is 1.85. The number of hydrogen-bond acceptors (Lipinski definition) is 4. The zero-order chi connectivity index (χ0) is 11.8. The first kappa shape index (κ1) is 11.4. The lowest BCUT2D eigenvalue weighted by molar-refractivity contribution is -0.0383. The Bertz CT molecular complexity index is 443. The van der Waals surface area contributed by atoms with Crippen molar-refractivity contribution in [3.05, 3.63) is 16.0 Å². The summed E-state index contributed by atoms with van der Waals surface area (Å²) in [5.74, 6) is 0. The van der Waals surface area contributed by atoms with E-state index in [1.54, 1.807) is 11.3 Å². The van der Waals surface area contributed by atoms with Crippen LogP contribution in [0, 0.1) is 11.3 Å². The molecule has 1 aliphatic rings. The lowest BCUT2D eigenvalue weighted by Crippen LogP contribution is -2.31. The van der Waals surface area contributed by atoms with Gasteiger partial charge < -0.3 is 10.1 Å². The minimum absolute atomic E-state index is 0.150. The highest BCUT2D eigenvalue weighted by molar-refractivity contribution is 7.16. The second kappa shape index (κ2) is 4.08. The Hall–Kier alpha value is -1.05. The first-order chi connectivity index (χ1) is 7.57. The maximum absolute atomic E-state index is 9.24. The monoisotopic (exact) mass is 236 g/mol. The highest BCUT2D eigenvalue weighted by atomic mass is 32.1.